The van der Waals surface area contributed by atoms with Gasteiger partial charge < -0.3 is 19.6 Å². The number of halogens is 4. The minimum Gasteiger partial charge on any atom is -0.399 e. The number of oxime groups is 1. The van der Waals surface area contributed by atoms with E-state index >= 15 is 0 Å². The highest BCUT2D eigenvalue weighted by Gasteiger charge is 2.34. The van der Waals surface area contributed by atoms with Crippen LogP contribution < -0.4 is 0 Å². The number of hydrogen-bond donors (Lipinski definition) is 1. The molecule has 208 valence electrons. The fraction of sp³-hybridized carbons (Fsp3) is 0.367. The van der Waals surface area contributed by atoms with Crippen molar-refractivity contribution in [3.05, 3.63) is 104 Å². The Morgan fingerprint density at radius 3 is 2.28 bits per heavy atom. The van der Waals surface area contributed by atoms with Crippen LogP contribution in [0.3, 0.4) is 0 Å². The minimum atomic E-state index is -0.791. The van der Waals surface area contributed by atoms with Crippen molar-refractivity contribution in [2.45, 2.75) is 37.4 Å². The molecular weight excluding hydrogens is 578 g/mol. The normalized spacial score (nSPS) is 16.7. The van der Waals surface area contributed by atoms with Gasteiger partial charge in [-0.1, -0.05) is 88.0 Å². The Hall–Kier alpha value is -1.83. The van der Waals surface area contributed by atoms with Crippen molar-refractivity contribution in [2.75, 3.05) is 33.4 Å². The zero-order valence-electron chi connectivity index (χ0n) is 21.8. The molecule has 1 aliphatic rings. The molecule has 1 N–H and O–H groups in total. The molecule has 3 aromatic carbocycles. The highest BCUT2D eigenvalue weighted by Crippen LogP contribution is 2.34. The van der Waals surface area contributed by atoms with Crippen LogP contribution in [0.5, 0.6) is 0 Å². The van der Waals surface area contributed by atoms with Gasteiger partial charge in [0.05, 0.1) is 34.6 Å². The summed E-state index contributed by atoms with van der Waals surface area (Å²) in [7, 11) is 1.53. The van der Waals surface area contributed by atoms with Crippen molar-refractivity contribution in [3.8, 4) is 0 Å². The van der Waals surface area contributed by atoms with E-state index in [1.807, 2.05) is 54.6 Å². The summed E-state index contributed by atoms with van der Waals surface area (Å²) in [5.41, 5.74) is 2.77. The lowest BCUT2D eigenvalue weighted by molar-refractivity contribution is -0.0261. The molecular formula is C30H32Cl4N2O3. The lowest BCUT2D eigenvalue weighted by Gasteiger charge is -2.39. The summed E-state index contributed by atoms with van der Waals surface area (Å²) < 4.78 is 6.04. The number of nitrogens with zero attached hydrogens (tertiary/aromatic N) is 2. The van der Waals surface area contributed by atoms with E-state index in [1.54, 1.807) is 12.1 Å². The highest BCUT2D eigenvalue weighted by molar-refractivity contribution is 6.42. The predicted molar refractivity (Wildman–Crippen MR) is 160 cm³/mol. The van der Waals surface area contributed by atoms with E-state index < -0.39 is 5.60 Å². The van der Waals surface area contributed by atoms with Crippen molar-refractivity contribution in [2.24, 2.45) is 5.16 Å². The summed E-state index contributed by atoms with van der Waals surface area (Å²) in [6, 6.07) is 20.9. The zero-order chi connectivity index (χ0) is 27.8. The third kappa shape index (κ3) is 8.34. The molecule has 5 nitrogen and oxygen atoms in total. The van der Waals surface area contributed by atoms with Crippen LogP contribution in [0.15, 0.2) is 71.9 Å². The number of likely N-dealkylation sites (tertiary alicyclic amines) is 1. The van der Waals surface area contributed by atoms with Crippen LogP contribution in [0, 0.1) is 0 Å². The second-order valence-corrected chi connectivity index (χ2v) is 11.5. The van der Waals surface area contributed by atoms with Gasteiger partial charge in [-0.15, -0.1) is 0 Å². The summed E-state index contributed by atoms with van der Waals surface area (Å²) in [4.78, 5) is 7.61. The summed E-state index contributed by atoms with van der Waals surface area (Å²) in [6.07, 6.45) is 2.12. The molecule has 0 aromatic heterocycles. The van der Waals surface area contributed by atoms with Crippen LogP contribution >= 0.6 is 46.4 Å². The van der Waals surface area contributed by atoms with Crippen LogP contribution in [0.4, 0.5) is 0 Å². The van der Waals surface area contributed by atoms with Crippen LogP contribution in [0.1, 0.15) is 41.9 Å². The molecule has 0 bridgehead atoms. The Morgan fingerprint density at radius 2 is 1.64 bits per heavy atom. The Kier molecular flexibility index (Phi) is 11.0. The molecule has 1 heterocycles. The Labute approximate surface area is 250 Å². The first-order chi connectivity index (χ1) is 18.8. The third-order valence-corrected chi connectivity index (χ3v) is 8.30. The second-order valence-electron chi connectivity index (χ2n) is 9.79. The van der Waals surface area contributed by atoms with Gasteiger partial charge in [0.25, 0.3) is 0 Å². The molecule has 1 fully saturated rings. The number of rotatable bonds is 11. The van der Waals surface area contributed by atoms with E-state index in [1.165, 1.54) is 7.11 Å². The number of piperidine rings is 1. The molecule has 4 rings (SSSR count). The topological polar surface area (TPSA) is 54.3 Å². The maximum absolute atomic E-state index is 11.2. The van der Waals surface area contributed by atoms with Gasteiger partial charge in [-0.05, 0) is 72.8 Å². The van der Waals surface area contributed by atoms with Crippen LogP contribution in [-0.2, 0) is 21.8 Å². The molecule has 0 amide bonds. The van der Waals surface area contributed by atoms with Crippen LogP contribution in [-0.4, -0.2) is 49.1 Å². The monoisotopic (exact) mass is 608 g/mol. The maximum Gasteiger partial charge on any atom is 0.106 e. The van der Waals surface area contributed by atoms with Gasteiger partial charge in [0, 0.05) is 29.1 Å². The highest BCUT2D eigenvalue weighted by atomic mass is 35.5. The molecule has 0 saturated carbocycles. The number of hydrogen-bond acceptors (Lipinski definition) is 5. The van der Waals surface area contributed by atoms with Gasteiger partial charge in [-0.25, -0.2) is 0 Å². The molecule has 39 heavy (non-hydrogen) atoms. The molecule has 1 saturated heterocycles. The average Bonchev–Trinajstić information content (AvgIpc) is 2.92. The minimum absolute atomic E-state index is 0.113. The quantitative estimate of drug-likeness (QED) is 0.177. The lowest BCUT2D eigenvalue weighted by Crippen LogP contribution is -2.43. The molecule has 0 radical (unpaired) electrons. The van der Waals surface area contributed by atoms with Gasteiger partial charge in [0.2, 0.25) is 0 Å². The van der Waals surface area contributed by atoms with Crippen molar-refractivity contribution in [1.82, 2.24) is 4.90 Å². The van der Waals surface area contributed by atoms with E-state index in [4.69, 9.17) is 56.0 Å². The van der Waals surface area contributed by atoms with E-state index in [-0.39, 0.29) is 12.5 Å². The smallest absolute Gasteiger partial charge is 0.106 e. The molecule has 0 spiro atoms. The zero-order valence-corrected chi connectivity index (χ0v) is 24.8. The fourth-order valence-electron chi connectivity index (χ4n) is 5.03. The first-order valence-electron chi connectivity index (χ1n) is 12.9. The lowest BCUT2D eigenvalue weighted by atomic mass is 9.84. The van der Waals surface area contributed by atoms with Gasteiger partial charge in [-0.3, -0.25) is 0 Å². The Balaban J connectivity index is 1.45. The molecule has 1 unspecified atom stereocenters. The molecule has 1 atom stereocenters. The summed E-state index contributed by atoms with van der Waals surface area (Å²) in [6.45, 7) is 2.96. The largest absolute Gasteiger partial charge is 0.399 e. The third-order valence-electron chi connectivity index (χ3n) is 7.13. The van der Waals surface area contributed by atoms with Gasteiger partial charge >= 0.3 is 0 Å². The number of aliphatic hydroxyl groups is 1. The van der Waals surface area contributed by atoms with Crippen molar-refractivity contribution >= 4 is 52.1 Å². The fourth-order valence-corrected chi connectivity index (χ4v) is 5.90. The summed E-state index contributed by atoms with van der Waals surface area (Å²) >= 11 is 24.9. The van der Waals surface area contributed by atoms with Gasteiger partial charge in [0.15, 0.2) is 0 Å². The summed E-state index contributed by atoms with van der Waals surface area (Å²) in [5.74, 6) is -0.113. The maximum atomic E-state index is 11.2. The summed E-state index contributed by atoms with van der Waals surface area (Å²) in [5, 5.41) is 17.7. The first-order valence-corrected chi connectivity index (χ1v) is 14.4. The SMILES string of the molecule is CO/N=C(/COCc1cc(Cl)cc(Cl)c1)C(CCN1CCC(O)(c2ccccc2)CC1)c1ccc(Cl)c(Cl)c1. The standard InChI is InChI=1S/C30H32Cl4N2O3/c1-38-35-29(20-39-19-21-15-24(31)18-25(32)16-21)26(22-7-8-27(33)28(34)17-22)9-12-36-13-10-30(37,11-14-36)23-5-3-2-4-6-23/h2-8,15-18,26,37H,9-14,19-20H2,1H3/b35-29-. The molecule has 9 heteroatoms. The van der Waals surface area contributed by atoms with Crippen molar-refractivity contribution in [1.29, 1.82) is 0 Å². The van der Waals surface area contributed by atoms with Crippen molar-refractivity contribution < 1.29 is 14.7 Å². The second kappa shape index (κ2) is 14.2. The Bertz CT molecular complexity index is 1240. The Morgan fingerprint density at radius 1 is 0.949 bits per heavy atom. The predicted octanol–water partition coefficient (Wildman–Crippen LogP) is 7.98. The number of benzene rings is 3. The molecule has 0 aliphatic carbocycles. The van der Waals surface area contributed by atoms with Crippen LogP contribution in [0.25, 0.3) is 0 Å². The van der Waals surface area contributed by atoms with E-state index in [0.717, 1.165) is 48.5 Å². The first kappa shape index (κ1) is 30.1. The van der Waals surface area contributed by atoms with Crippen molar-refractivity contribution in [3.63, 3.8) is 0 Å². The van der Waals surface area contributed by atoms with Crippen LogP contribution in [0.2, 0.25) is 20.1 Å². The average molecular weight is 610 g/mol. The van der Waals surface area contributed by atoms with Gasteiger partial charge in [0.1, 0.15) is 7.11 Å². The van der Waals surface area contributed by atoms with Gasteiger partial charge in [-0.2, -0.15) is 0 Å². The van der Waals surface area contributed by atoms with E-state index in [0.29, 0.717) is 39.5 Å². The van der Waals surface area contributed by atoms with E-state index in [9.17, 15) is 5.11 Å². The molecule has 3 aromatic rings. The van der Waals surface area contributed by atoms with E-state index in [2.05, 4.69) is 10.1 Å². The molecule has 1 aliphatic heterocycles. The number of ether oxygens (including phenoxy) is 1.